The molecule has 6 nitrogen and oxygen atoms in total. The van der Waals surface area contributed by atoms with Crippen molar-refractivity contribution in [3.63, 3.8) is 0 Å². The van der Waals surface area contributed by atoms with Gasteiger partial charge in [-0.3, -0.25) is 4.79 Å². The van der Waals surface area contributed by atoms with E-state index in [2.05, 4.69) is 26.9 Å². The van der Waals surface area contributed by atoms with Gasteiger partial charge in [-0.1, -0.05) is 18.7 Å². The van der Waals surface area contributed by atoms with Gasteiger partial charge >= 0.3 is 5.97 Å². The fourth-order valence-electron chi connectivity index (χ4n) is 3.49. The summed E-state index contributed by atoms with van der Waals surface area (Å²) in [6, 6.07) is 6.63. The van der Waals surface area contributed by atoms with Crippen LogP contribution in [-0.4, -0.2) is 34.7 Å². The second-order valence-corrected chi connectivity index (χ2v) is 9.16. The summed E-state index contributed by atoms with van der Waals surface area (Å²) in [5, 5.41) is 4.85. The van der Waals surface area contributed by atoms with E-state index in [1.165, 1.54) is 35.7 Å². The van der Waals surface area contributed by atoms with Gasteiger partial charge in [-0.15, -0.1) is 11.3 Å². The smallest absolute Gasteiger partial charge is 0.337 e. The van der Waals surface area contributed by atoms with E-state index in [0.717, 1.165) is 28.1 Å². The number of nitrogens with one attached hydrogen (secondary N) is 1. The van der Waals surface area contributed by atoms with Crippen LogP contribution in [0.15, 0.2) is 35.6 Å². The molecule has 0 fully saturated rings. The van der Waals surface area contributed by atoms with Crippen molar-refractivity contribution in [2.24, 2.45) is 5.92 Å². The molecule has 0 saturated heterocycles. The van der Waals surface area contributed by atoms with E-state index in [4.69, 9.17) is 0 Å². The van der Waals surface area contributed by atoms with Crippen LogP contribution >= 0.6 is 23.1 Å². The van der Waals surface area contributed by atoms with Crippen LogP contribution in [0.5, 0.6) is 0 Å². The van der Waals surface area contributed by atoms with E-state index in [-0.39, 0.29) is 11.7 Å². The zero-order valence-electron chi connectivity index (χ0n) is 16.2. The van der Waals surface area contributed by atoms with Crippen molar-refractivity contribution < 1.29 is 14.3 Å². The first-order valence-corrected chi connectivity index (χ1v) is 11.2. The van der Waals surface area contributed by atoms with Crippen molar-refractivity contribution in [3.8, 4) is 0 Å². The number of amides is 1. The molecule has 8 heteroatoms. The highest BCUT2D eigenvalue weighted by molar-refractivity contribution is 8.00. The number of aromatic nitrogens is 2. The Hall–Kier alpha value is -2.45. The van der Waals surface area contributed by atoms with Crippen LogP contribution in [0.4, 0.5) is 5.69 Å². The van der Waals surface area contributed by atoms with E-state index >= 15 is 0 Å². The average Bonchev–Trinajstić information content (AvgIpc) is 3.10. The highest BCUT2D eigenvalue weighted by Gasteiger charge is 2.23. The van der Waals surface area contributed by atoms with Crippen molar-refractivity contribution in [1.29, 1.82) is 0 Å². The maximum atomic E-state index is 12.4. The van der Waals surface area contributed by atoms with Crippen LogP contribution in [-0.2, 0) is 22.4 Å². The lowest BCUT2D eigenvalue weighted by Gasteiger charge is -2.18. The molecule has 0 saturated carbocycles. The number of nitrogens with zero attached hydrogens (tertiary/aromatic N) is 2. The number of carbonyl (C=O) groups is 2. The molecule has 0 radical (unpaired) electrons. The third kappa shape index (κ3) is 4.28. The normalized spacial score (nSPS) is 15.7. The molecular weight excluding hydrogens is 406 g/mol. The number of thiophene rings is 1. The summed E-state index contributed by atoms with van der Waals surface area (Å²) in [7, 11) is 1.34. The van der Waals surface area contributed by atoms with Crippen molar-refractivity contribution >= 4 is 50.9 Å². The van der Waals surface area contributed by atoms with Gasteiger partial charge in [-0.05, 0) is 55.0 Å². The Kier molecular flexibility index (Phi) is 5.82. The topological polar surface area (TPSA) is 81.2 Å². The summed E-state index contributed by atoms with van der Waals surface area (Å²) in [6.45, 7) is 2.29. The molecule has 2 heterocycles. The quantitative estimate of drug-likeness (QED) is 0.371. The Morgan fingerprint density at radius 3 is 2.83 bits per heavy atom. The van der Waals surface area contributed by atoms with Gasteiger partial charge in [0.15, 0.2) is 0 Å². The molecule has 1 aromatic carbocycles. The first kappa shape index (κ1) is 19.8. The second kappa shape index (κ2) is 8.51. The molecular formula is C21H21N3O3S2. The molecule has 1 amide bonds. The summed E-state index contributed by atoms with van der Waals surface area (Å²) in [6.07, 6.45) is 4.91. The number of hydrogen-bond acceptors (Lipinski definition) is 7. The minimum Gasteiger partial charge on any atom is -0.465 e. The van der Waals surface area contributed by atoms with Gasteiger partial charge in [-0.2, -0.15) is 0 Å². The Labute approximate surface area is 177 Å². The highest BCUT2D eigenvalue weighted by Crippen LogP contribution is 2.40. The van der Waals surface area contributed by atoms with Crippen LogP contribution < -0.4 is 5.32 Å². The van der Waals surface area contributed by atoms with E-state index in [1.54, 1.807) is 41.9 Å². The van der Waals surface area contributed by atoms with E-state index < -0.39 is 5.97 Å². The zero-order valence-corrected chi connectivity index (χ0v) is 17.9. The molecule has 4 rings (SSSR count). The maximum Gasteiger partial charge on any atom is 0.337 e. The fraction of sp³-hybridized carbons (Fsp3) is 0.333. The second-order valence-electron chi connectivity index (χ2n) is 7.12. The standard InChI is InChI=1S/C21H21N3O3S2/c1-12-3-8-15-16(9-12)29-20-18(15)19(22-11-23-20)28-10-17(25)24-14-6-4-13(5-7-14)21(26)27-2/h4-7,11-12H,3,8-10H2,1-2H3,(H,24,25)/t12-/m1/s1. The third-order valence-electron chi connectivity index (χ3n) is 4.99. The Morgan fingerprint density at radius 2 is 2.07 bits per heavy atom. The zero-order chi connectivity index (χ0) is 20.4. The summed E-state index contributed by atoms with van der Waals surface area (Å²) < 4.78 is 4.68. The van der Waals surface area contributed by atoms with Gasteiger partial charge in [0.25, 0.3) is 0 Å². The monoisotopic (exact) mass is 427 g/mol. The number of hydrogen-bond donors (Lipinski definition) is 1. The number of ether oxygens (including phenoxy) is 1. The molecule has 2 aromatic heterocycles. The molecule has 0 unspecified atom stereocenters. The van der Waals surface area contributed by atoms with Crippen LogP contribution in [0.3, 0.4) is 0 Å². The predicted octanol–water partition coefficient (Wildman–Crippen LogP) is 4.33. The number of rotatable bonds is 5. The predicted molar refractivity (Wildman–Crippen MR) is 116 cm³/mol. The largest absolute Gasteiger partial charge is 0.465 e. The maximum absolute atomic E-state index is 12.4. The molecule has 1 aliphatic carbocycles. The Morgan fingerprint density at radius 1 is 1.28 bits per heavy atom. The number of esters is 1. The minimum absolute atomic E-state index is 0.120. The lowest BCUT2D eigenvalue weighted by Crippen LogP contribution is -2.14. The van der Waals surface area contributed by atoms with E-state index in [1.807, 2.05) is 0 Å². The number of methoxy groups -OCH3 is 1. The first-order valence-electron chi connectivity index (χ1n) is 9.41. The minimum atomic E-state index is -0.403. The van der Waals surface area contributed by atoms with Gasteiger partial charge in [0.2, 0.25) is 5.91 Å². The molecule has 3 aromatic rings. The molecule has 1 atom stereocenters. The lowest BCUT2D eigenvalue weighted by atomic mass is 9.89. The molecule has 0 spiro atoms. The van der Waals surface area contributed by atoms with Crippen LogP contribution in [0, 0.1) is 5.92 Å². The molecule has 1 aliphatic rings. The molecule has 0 aliphatic heterocycles. The molecule has 0 bridgehead atoms. The van der Waals surface area contributed by atoms with Crippen molar-refractivity contribution in [1.82, 2.24) is 9.97 Å². The fourth-order valence-corrected chi connectivity index (χ4v) is 5.73. The van der Waals surface area contributed by atoms with Gasteiger partial charge in [0, 0.05) is 16.0 Å². The van der Waals surface area contributed by atoms with Crippen LogP contribution in [0.2, 0.25) is 0 Å². The Balaban J connectivity index is 1.44. The lowest BCUT2D eigenvalue weighted by molar-refractivity contribution is -0.113. The Bertz CT molecular complexity index is 1060. The SMILES string of the molecule is COC(=O)c1ccc(NC(=O)CSc2ncnc3sc4c(c23)CC[C@@H](C)C4)cc1. The van der Waals surface area contributed by atoms with E-state index in [0.29, 0.717) is 17.2 Å². The molecule has 29 heavy (non-hydrogen) atoms. The number of carbonyl (C=O) groups excluding carboxylic acids is 2. The summed E-state index contributed by atoms with van der Waals surface area (Å²) >= 11 is 3.19. The number of fused-ring (bicyclic) bond motifs is 3. The van der Waals surface area contributed by atoms with Gasteiger partial charge in [0.05, 0.1) is 18.4 Å². The third-order valence-corrected chi connectivity index (χ3v) is 7.14. The summed E-state index contributed by atoms with van der Waals surface area (Å²) in [5.41, 5.74) is 2.45. The van der Waals surface area contributed by atoms with Crippen LogP contribution in [0.1, 0.15) is 34.1 Å². The average molecular weight is 428 g/mol. The van der Waals surface area contributed by atoms with Crippen molar-refractivity contribution in [2.45, 2.75) is 31.2 Å². The van der Waals surface area contributed by atoms with Gasteiger partial charge < -0.3 is 10.1 Å². The van der Waals surface area contributed by atoms with Gasteiger partial charge in [0.1, 0.15) is 16.2 Å². The number of thioether (sulfide) groups is 1. The highest BCUT2D eigenvalue weighted by atomic mass is 32.2. The number of benzene rings is 1. The van der Waals surface area contributed by atoms with Crippen LogP contribution in [0.25, 0.3) is 10.2 Å². The molecule has 150 valence electrons. The van der Waals surface area contributed by atoms with E-state index in [9.17, 15) is 9.59 Å². The van der Waals surface area contributed by atoms with Crippen molar-refractivity contribution in [2.75, 3.05) is 18.2 Å². The first-order chi connectivity index (χ1) is 14.0. The molecule has 1 N–H and O–H groups in total. The van der Waals surface area contributed by atoms with Crippen molar-refractivity contribution in [3.05, 3.63) is 46.6 Å². The van der Waals surface area contributed by atoms with Gasteiger partial charge in [-0.25, -0.2) is 14.8 Å². The summed E-state index contributed by atoms with van der Waals surface area (Å²) in [4.78, 5) is 35.2. The number of anilines is 1. The number of aryl methyl sites for hydroxylation is 1. The summed E-state index contributed by atoms with van der Waals surface area (Å²) in [5.74, 6) is 0.437.